The zero-order chi connectivity index (χ0) is 17.3. The second-order valence-corrected chi connectivity index (χ2v) is 5.52. The van der Waals surface area contributed by atoms with Crippen molar-refractivity contribution in [3.8, 4) is 5.75 Å². The van der Waals surface area contributed by atoms with Crippen molar-refractivity contribution in [2.24, 2.45) is 0 Å². The molecule has 0 atom stereocenters. The summed E-state index contributed by atoms with van der Waals surface area (Å²) in [7, 11) is 0. The first-order chi connectivity index (χ1) is 11.5. The molecule has 24 heavy (non-hydrogen) atoms. The number of anilines is 1. The highest BCUT2D eigenvalue weighted by molar-refractivity contribution is 5.94. The summed E-state index contributed by atoms with van der Waals surface area (Å²) in [6.07, 6.45) is -1.51. The molecule has 0 aromatic carbocycles. The van der Waals surface area contributed by atoms with Gasteiger partial charge in [0.05, 0.1) is 18.9 Å². The smallest absolute Gasteiger partial charge is 0.449 e. The van der Waals surface area contributed by atoms with Crippen LogP contribution in [0.2, 0.25) is 0 Å². The minimum absolute atomic E-state index is 0.176. The molecule has 2 aromatic rings. The molecule has 0 spiro atoms. The Morgan fingerprint density at radius 3 is 2.71 bits per heavy atom. The number of carbonyl (C=O) groups is 1. The van der Waals surface area contributed by atoms with Gasteiger partial charge in [-0.15, -0.1) is 0 Å². The normalized spacial score (nSPS) is 14.8. The van der Waals surface area contributed by atoms with Gasteiger partial charge in [-0.2, -0.15) is 0 Å². The maximum absolute atomic E-state index is 12.8. The van der Waals surface area contributed by atoms with Crippen molar-refractivity contribution < 1.29 is 19.4 Å². The van der Waals surface area contributed by atoms with E-state index in [1.165, 1.54) is 4.57 Å². The molecule has 2 aromatic heterocycles. The molecule has 8 heteroatoms. The summed E-state index contributed by atoms with van der Waals surface area (Å²) in [6, 6.07) is 3.68. The molecular formula is C16H19N3O5. The van der Waals surface area contributed by atoms with Crippen LogP contribution in [0.1, 0.15) is 12.6 Å². The second kappa shape index (κ2) is 6.48. The number of aryl methyl sites for hydroxylation is 2. The van der Waals surface area contributed by atoms with Crippen molar-refractivity contribution in [3.63, 3.8) is 0 Å². The quantitative estimate of drug-likeness (QED) is 0.853. The van der Waals surface area contributed by atoms with E-state index < -0.39 is 11.7 Å². The van der Waals surface area contributed by atoms with Crippen LogP contribution < -0.4 is 15.2 Å². The summed E-state index contributed by atoms with van der Waals surface area (Å²) in [5, 5.41) is 9.76. The lowest BCUT2D eigenvalue weighted by molar-refractivity contribution is 0.122. The Kier molecular flexibility index (Phi) is 4.39. The highest BCUT2D eigenvalue weighted by Crippen LogP contribution is 2.34. The fraction of sp³-hybridized carbons (Fsp3) is 0.438. The van der Waals surface area contributed by atoms with E-state index in [2.05, 4.69) is 4.98 Å². The van der Waals surface area contributed by atoms with Gasteiger partial charge >= 0.3 is 6.16 Å². The van der Waals surface area contributed by atoms with Crippen LogP contribution in [0.25, 0.3) is 11.0 Å². The molecule has 0 aliphatic carbocycles. The molecule has 1 aliphatic rings. The molecule has 0 radical (unpaired) electrons. The molecule has 8 nitrogen and oxygen atoms in total. The number of rotatable bonds is 3. The lowest BCUT2D eigenvalue weighted by Gasteiger charge is -2.31. The van der Waals surface area contributed by atoms with Gasteiger partial charge in [0, 0.05) is 30.7 Å². The fourth-order valence-electron chi connectivity index (χ4n) is 2.95. The molecule has 3 heterocycles. The average molecular weight is 333 g/mol. The molecule has 0 bridgehead atoms. The number of carboxylic acid groups (broad SMARTS) is 1. The summed E-state index contributed by atoms with van der Waals surface area (Å²) >= 11 is 0. The molecule has 0 unspecified atom stereocenters. The maximum Gasteiger partial charge on any atom is 0.511 e. The van der Waals surface area contributed by atoms with Crippen molar-refractivity contribution in [3.05, 3.63) is 28.2 Å². The minimum atomic E-state index is -1.51. The van der Waals surface area contributed by atoms with Crippen LogP contribution >= 0.6 is 0 Å². The Bertz CT molecular complexity index is 840. The van der Waals surface area contributed by atoms with E-state index in [1.54, 1.807) is 0 Å². The third-order valence-electron chi connectivity index (χ3n) is 4.01. The van der Waals surface area contributed by atoms with Crippen LogP contribution in [-0.4, -0.2) is 47.1 Å². The first-order valence-corrected chi connectivity index (χ1v) is 7.80. The van der Waals surface area contributed by atoms with Crippen LogP contribution in [0.4, 0.5) is 10.5 Å². The second-order valence-electron chi connectivity index (χ2n) is 5.52. The van der Waals surface area contributed by atoms with E-state index in [1.807, 2.05) is 30.9 Å². The van der Waals surface area contributed by atoms with Crippen molar-refractivity contribution >= 4 is 22.9 Å². The molecule has 3 rings (SSSR count). The number of pyridine rings is 2. The molecule has 128 valence electrons. The number of ether oxygens (including phenoxy) is 2. The Morgan fingerprint density at radius 1 is 1.38 bits per heavy atom. The first-order valence-electron chi connectivity index (χ1n) is 7.80. The van der Waals surface area contributed by atoms with Gasteiger partial charge in [0.15, 0.2) is 0 Å². The van der Waals surface area contributed by atoms with Gasteiger partial charge in [-0.1, -0.05) is 0 Å². The van der Waals surface area contributed by atoms with Gasteiger partial charge in [-0.25, -0.2) is 9.78 Å². The number of fused-ring (bicyclic) bond motifs is 1. The highest BCUT2D eigenvalue weighted by atomic mass is 16.7. The van der Waals surface area contributed by atoms with Crippen LogP contribution in [-0.2, 0) is 11.3 Å². The monoisotopic (exact) mass is 333 g/mol. The lowest BCUT2D eigenvalue weighted by atomic mass is 10.1. The average Bonchev–Trinajstić information content (AvgIpc) is 2.56. The molecule has 0 amide bonds. The SMILES string of the molecule is CCn1c(=O)c(OC(=O)O)c(N2CCOCC2)c2ccc(C)nc21. The number of hydrogen-bond donors (Lipinski definition) is 1. The Labute approximate surface area is 138 Å². The Balaban J connectivity index is 2.35. The number of aromatic nitrogens is 2. The Hall–Kier alpha value is -2.61. The highest BCUT2D eigenvalue weighted by Gasteiger charge is 2.26. The van der Waals surface area contributed by atoms with E-state index >= 15 is 0 Å². The van der Waals surface area contributed by atoms with E-state index in [4.69, 9.17) is 14.6 Å². The van der Waals surface area contributed by atoms with Crippen molar-refractivity contribution in [1.29, 1.82) is 0 Å². The minimum Gasteiger partial charge on any atom is -0.449 e. The molecular weight excluding hydrogens is 314 g/mol. The van der Waals surface area contributed by atoms with Crippen molar-refractivity contribution in [1.82, 2.24) is 9.55 Å². The third kappa shape index (κ3) is 2.80. The van der Waals surface area contributed by atoms with Gasteiger partial charge in [0.25, 0.3) is 5.56 Å². The van der Waals surface area contributed by atoms with Crippen LogP contribution in [0.3, 0.4) is 0 Å². The largest absolute Gasteiger partial charge is 0.511 e. The van der Waals surface area contributed by atoms with E-state index in [0.29, 0.717) is 49.6 Å². The van der Waals surface area contributed by atoms with E-state index in [0.717, 1.165) is 5.69 Å². The molecule has 1 N–H and O–H groups in total. The standard InChI is InChI=1S/C16H19N3O5/c1-3-19-14-11(5-4-10(2)17-14)12(18-6-8-23-9-7-18)13(15(19)20)24-16(21)22/h4-5H,3,6-9H2,1-2H3,(H,21,22). The maximum atomic E-state index is 12.8. The lowest BCUT2D eigenvalue weighted by Crippen LogP contribution is -2.38. The number of hydrogen-bond acceptors (Lipinski definition) is 6. The zero-order valence-electron chi connectivity index (χ0n) is 13.6. The summed E-state index contributed by atoms with van der Waals surface area (Å²) in [6.45, 7) is 6.13. The van der Waals surface area contributed by atoms with Gasteiger partial charge < -0.3 is 19.5 Å². The summed E-state index contributed by atoms with van der Waals surface area (Å²) < 4.78 is 11.7. The van der Waals surface area contributed by atoms with E-state index in [9.17, 15) is 9.59 Å². The summed E-state index contributed by atoms with van der Waals surface area (Å²) in [4.78, 5) is 30.3. The van der Waals surface area contributed by atoms with Crippen molar-refractivity contribution in [2.75, 3.05) is 31.2 Å². The molecule has 1 aliphatic heterocycles. The van der Waals surface area contributed by atoms with Crippen LogP contribution in [0.15, 0.2) is 16.9 Å². The first kappa shape index (κ1) is 16.3. The molecule has 1 saturated heterocycles. The topological polar surface area (TPSA) is 93.9 Å². The summed E-state index contributed by atoms with van der Waals surface area (Å²) in [5.74, 6) is -0.176. The van der Waals surface area contributed by atoms with Crippen LogP contribution in [0, 0.1) is 6.92 Å². The summed E-state index contributed by atoms with van der Waals surface area (Å²) in [5.41, 5.74) is 1.29. The number of morpholine rings is 1. The zero-order valence-corrected chi connectivity index (χ0v) is 13.6. The van der Waals surface area contributed by atoms with Gasteiger partial charge in [-0.05, 0) is 26.0 Å². The predicted octanol–water partition coefficient (Wildman–Crippen LogP) is 1.62. The van der Waals surface area contributed by atoms with Crippen molar-refractivity contribution in [2.45, 2.75) is 20.4 Å². The van der Waals surface area contributed by atoms with Gasteiger partial charge in [0.2, 0.25) is 5.75 Å². The Morgan fingerprint density at radius 2 is 2.08 bits per heavy atom. The van der Waals surface area contributed by atoms with Crippen LogP contribution in [0.5, 0.6) is 5.75 Å². The fourth-order valence-corrected chi connectivity index (χ4v) is 2.95. The van der Waals surface area contributed by atoms with E-state index in [-0.39, 0.29) is 5.75 Å². The third-order valence-corrected chi connectivity index (χ3v) is 4.01. The predicted molar refractivity (Wildman–Crippen MR) is 88.1 cm³/mol. The van der Waals surface area contributed by atoms with Gasteiger partial charge in [-0.3, -0.25) is 9.36 Å². The number of nitrogens with zero attached hydrogens (tertiary/aromatic N) is 3. The van der Waals surface area contributed by atoms with Gasteiger partial charge in [0.1, 0.15) is 5.65 Å². The molecule has 0 saturated carbocycles. The molecule has 1 fully saturated rings.